The fourth-order valence-electron chi connectivity index (χ4n) is 8.58. The highest BCUT2D eigenvalue weighted by molar-refractivity contribution is 6.18. The van der Waals surface area contributed by atoms with Crippen molar-refractivity contribution in [3.63, 3.8) is 0 Å². The van der Waals surface area contributed by atoms with Gasteiger partial charge >= 0.3 is 0 Å². The number of aromatic nitrogens is 2. The fraction of sp³-hybridized carbons (Fsp3) is 0.0638. The molecule has 0 radical (unpaired) electrons. The lowest BCUT2D eigenvalue weighted by Gasteiger charge is -2.22. The Morgan fingerprint density at radius 2 is 1.20 bits per heavy atom. The average molecular weight is 639 g/mol. The van der Waals surface area contributed by atoms with Crippen molar-refractivity contribution in [1.29, 1.82) is 0 Å². The van der Waals surface area contributed by atoms with Crippen molar-refractivity contribution in [2.45, 2.75) is 19.3 Å². The summed E-state index contributed by atoms with van der Waals surface area (Å²) < 4.78 is 6.32. The van der Waals surface area contributed by atoms with Gasteiger partial charge in [0.1, 0.15) is 11.2 Å². The average Bonchev–Trinajstić information content (AvgIpc) is 3.64. The quantitative estimate of drug-likeness (QED) is 0.177. The van der Waals surface area contributed by atoms with E-state index in [1.807, 2.05) is 18.3 Å². The Morgan fingerprint density at radius 1 is 0.480 bits per heavy atom. The van der Waals surface area contributed by atoms with Gasteiger partial charge in [0.2, 0.25) is 0 Å². The maximum absolute atomic E-state index is 6.32. The highest BCUT2D eigenvalue weighted by Crippen LogP contribution is 2.52. The van der Waals surface area contributed by atoms with Crippen molar-refractivity contribution in [2.24, 2.45) is 0 Å². The number of furan rings is 1. The van der Waals surface area contributed by atoms with Crippen LogP contribution in [0.2, 0.25) is 0 Å². The molecule has 0 N–H and O–H groups in total. The van der Waals surface area contributed by atoms with Crippen molar-refractivity contribution in [2.75, 3.05) is 0 Å². The zero-order valence-corrected chi connectivity index (χ0v) is 27.7. The van der Waals surface area contributed by atoms with Gasteiger partial charge in [0.25, 0.3) is 0 Å². The Balaban J connectivity index is 1.12. The van der Waals surface area contributed by atoms with Gasteiger partial charge in [0, 0.05) is 38.7 Å². The van der Waals surface area contributed by atoms with Crippen LogP contribution in [0.15, 0.2) is 150 Å². The number of hydrogen-bond acceptors (Lipinski definition) is 3. The van der Waals surface area contributed by atoms with E-state index in [4.69, 9.17) is 14.4 Å². The number of nitrogens with zero attached hydrogens (tertiary/aromatic N) is 2. The van der Waals surface area contributed by atoms with Crippen LogP contribution < -0.4 is 0 Å². The van der Waals surface area contributed by atoms with E-state index >= 15 is 0 Å². The summed E-state index contributed by atoms with van der Waals surface area (Å²) in [5.74, 6) is 0. The molecule has 11 rings (SSSR count). The molecule has 1 aliphatic carbocycles. The van der Waals surface area contributed by atoms with E-state index < -0.39 is 0 Å². The van der Waals surface area contributed by atoms with Gasteiger partial charge in [-0.05, 0) is 91.3 Å². The van der Waals surface area contributed by atoms with Crippen LogP contribution in [0.5, 0.6) is 0 Å². The van der Waals surface area contributed by atoms with Crippen LogP contribution >= 0.6 is 0 Å². The molecule has 0 saturated heterocycles. The van der Waals surface area contributed by atoms with Crippen molar-refractivity contribution >= 4 is 65.3 Å². The van der Waals surface area contributed by atoms with E-state index in [-0.39, 0.29) is 5.41 Å². The van der Waals surface area contributed by atoms with E-state index in [2.05, 4.69) is 141 Å². The van der Waals surface area contributed by atoms with Crippen molar-refractivity contribution in [3.8, 4) is 33.5 Å². The predicted octanol–water partition coefficient (Wildman–Crippen LogP) is 12.6. The highest BCUT2D eigenvalue weighted by atomic mass is 16.3. The molecular formula is C47H30N2O. The molecule has 0 saturated carbocycles. The molecule has 234 valence electrons. The van der Waals surface area contributed by atoms with E-state index in [0.717, 1.165) is 44.2 Å². The molecule has 3 aromatic heterocycles. The lowest BCUT2D eigenvalue weighted by molar-refractivity contribution is 0.658. The molecule has 0 aliphatic heterocycles. The first kappa shape index (κ1) is 27.6. The van der Waals surface area contributed by atoms with Gasteiger partial charge in [-0.1, -0.05) is 117 Å². The maximum Gasteiger partial charge on any atom is 0.136 e. The third-order valence-corrected chi connectivity index (χ3v) is 11.1. The minimum absolute atomic E-state index is 0.165. The summed E-state index contributed by atoms with van der Waals surface area (Å²) in [4.78, 5) is 10.0. The zero-order chi connectivity index (χ0) is 33.1. The molecule has 3 heterocycles. The van der Waals surface area contributed by atoms with Gasteiger partial charge in [-0.2, -0.15) is 0 Å². The van der Waals surface area contributed by atoms with Crippen LogP contribution in [0, 0.1) is 0 Å². The molecule has 3 heteroatoms. The molecule has 0 bridgehead atoms. The Labute approximate surface area is 288 Å². The lowest BCUT2D eigenvalue weighted by Crippen LogP contribution is -2.15. The summed E-state index contributed by atoms with van der Waals surface area (Å²) in [5, 5.41) is 9.42. The first-order chi connectivity index (χ1) is 24.5. The molecular weight excluding hydrogens is 609 g/mol. The molecule has 7 aromatic carbocycles. The third-order valence-electron chi connectivity index (χ3n) is 11.1. The zero-order valence-electron chi connectivity index (χ0n) is 27.7. The van der Waals surface area contributed by atoms with Crippen LogP contribution in [-0.4, -0.2) is 9.97 Å². The monoisotopic (exact) mass is 638 g/mol. The molecule has 0 fully saturated rings. The van der Waals surface area contributed by atoms with Crippen molar-refractivity contribution < 1.29 is 4.42 Å². The first-order valence-electron chi connectivity index (χ1n) is 17.2. The summed E-state index contributed by atoms with van der Waals surface area (Å²) in [7, 11) is 0. The Morgan fingerprint density at radius 3 is 2.12 bits per heavy atom. The summed E-state index contributed by atoms with van der Waals surface area (Å²) in [6.07, 6.45) is 1.85. The van der Waals surface area contributed by atoms with Gasteiger partial charge < -0.3 is 4.42 Å². The molecule has 10 aromatic rings. The largest absolute Gasteiger partial charge is 0.456 e. The SMILES string of the molecule is CC1(C)c2cc(-c3ccc(-c4ccc5ccc6cccnc6c5n4)c4c3ccc3ccccc34)ccc2-c2cc3oc4ccccc4c3cc21. The standard InChI is InChI=1S/C47H30N2O/c1-47(2)39-24-30(16-18-33(39)37-26-43-38(25-40(37)47)34-11-5-6-12-42(34)50-43)31-20-21-36(44-32-10-4-3-8-27(32)15-19-35(31)44)41-22-17-29-14-13-28-9-7-23-48-45(28)46(29)49-41/h3-26H,1-2H3. The Kier molecular flexibility index (Phi) is 5.45. The topological polar surface area (TPSA) is 38.9 Å². The van der Waals surface area contributed by atoms with Crippen LogP contribution in [0.3, 0.4) is 0 Å². The smallest absolute Gasteiger partial charge is 0.136 e. The molecule has 0 amide bonds. The molecule has 0 spiro atoms. The molecule has 0 atom stereocenters. The van der Waals surface area contributed by atoms with E-state index in [1.54, 1.807) is 0 Å². The maximum atomic E-state index is 6.32. The summed E-state index contributed by atoms with van der Waals surface area (Å²) in [6, 6.07) is 50.5. The number of benzene rings is 7. The number of para-hydroxylation sites is 1. The molecule has 0 unspecified atom stereocenters. The van der Waals surface area contributed by atoms with Crippen LogP contribution in [0.25, 0.3) is 98.8 Å². The van der Waals surface area contributed by atoms with Gasteiger partial charge in [-0.25, -0.2) is 4.98 Å². The number of rotatable bonds is 2. The molecule has 1 aliphatic rings. The lowest BCUT2D eigenvalue weighted by atomic mass is 9.81. The minimum atomic E-state index is -0.165. The minimum Gasteiger partial charge on any atom is -0.456 e. The van der Waals surface area contributed by atoms with Crippen molar-refractivity contribution in [3.05, 3.63) is 157 Å². The highest BCUT2D eigenvalue weighted by Gasteiger charge is 2.36. The predicted molar refractivity (Wildman–Crippen MR) is 208 cm³/mol. The van der Waals surface area contributed by atoms with Gasteiger partial charge in [0.05, 0.1) is 16.7 Å². The second-order valence-electron chi connectivity index (χ2n) is 14.2. The Bertz CT molecular complexity index is 3080. The van der Waals surface area contributed by atoms with Gasteiger partial charge in [0.15, 0.2) is 0 Å². The van der Waals surface area contributed by atoms with Crippen LogP contribution in [0.4, 0.5) is 0 Å². The molecule has 3 nitrogen and oxygen atoms in total. The third kappa shape index (κ3) is 3.75. The Hall–Kier alpha value is -6.32. The fourth-order valence-corrected chi connectivity index (χ4v) is 8.58. The number of hydrogen-bond donors (Lipinski definition) is 0. The van der Waals surface area contributed by atoms with Crippen molar-refractivity contribution in [1.82, 2.24) is 9.97 Å². The van der Waals surface area contributed by atoms with E-state index in [0.29, 0.717) is 0 Å². The van der Waals surface area contributed by atoms with Crippen LogP contribution in [0.1, 0.15) is 25.0 Å². The summed E-state index contributed by atoms with van der Waals surface area (Å²) in [5.41, 5.74) is 13.3. The van der Waals surface area contributed by atoms with E-state index in [1.165, 1.54) is 65.7 Å². The first-order valence-corrected chi connectivity index (χ1v) is 17.2. The normalized spacial score (nSPS) is 13.6. The molecule has 50 heavy (non-hydrogen) atoms. The summed E-state index contributed by atoms with van der Waals surface area (Å²) in [6.45, 7) is 4.71. The second-order valence-corrected chi connectivity index (χ2v) is 14.2. The number of fused-ring (bicyclic) bond motifs is 12. The van der Waals surface area contributed by atoms with Gasteiger partial charge in [-0.3, -0.25) is 4.98 Å². The summed E-state index contributed by atoms with van der Waals surface area (Å²) >= 11 is 0. The van der Waals surface area contributed by atoms with E-state index in [9.17, 15) is 0 Å². The van der Waals surface area contributed by atoms with Gasteiger partial charge in [-0.15, -0.1) is 0 Å². The second kappa shape index (κ2) is 9.87. The van der Waals surface area contributed by atoms with Crippen LogP contribution in [-0.2, 0) is 5.41 Å². The number of pyridine rings is 2.